The Kier molecular flexibility index (Phi) is 3.21. The zero-order valence-electron chi connectivity index (χ0n) is 11.6. The normalized spacial score (nSPS) is 13.6. The number of fused-ring (bicyclic) bond motifs is 1. The maximum absolute atomic E-state index is 12.1. The molecule has 2 heterocycles. The first-order valence-electron chi connectivity index (χ1n) is 6.76. The predicted molar refractivity (Wildman–Crippen MR) is 76.2 cm³/mol. The van der Waals surface area contributed by atoms with Crippen molar-refractivity contribution >= 4 is 17.6 Å². The van der Waals surface area contributed by atoms with Crippen LogP contribution in [0.2, 0.25) is 0 Å². The standard InChI is InChI=1S/C15H15N3O3/c1-2-17-8-10(7-16-17)9-18-13-4-3-11(15(20)21)5-12(13)6-14(18)19/h3-5,7-8H,2,6,9H2,1H3,(H,20,21). The summed E-state index contributed by atoms with van der Waals surface area (Å²) < 4.78 is 1.81. The predicted octanol–water partition coefficient (Wildman–Crippen LogP) is 1.69. The fourth-order valence-electron chi connectivity index (χ4n) is 2.53. The molecule has 0 aliphatic carbocycles. The largest absolute Gasteiger partial charge is 0.478 e. The number of carboxylic acids is 1. The molecule has 0 bridgehead atoms. The zero-order valence-corrected chi connectivity index (χ0v) is 11.6. The van der Waals surface area contributed by atoms with Crippen molar-refractivity contribution in [3.63, 3.8) is 0 Å². The van der Waals surface area contributed by atoms with E-state index in [1.807, 2.05) is 17.8 Å². The zero-order chi connectivity index (χ0) is 15.0. The van der Waals surface area contributed by atoms with E-state index in [4.69, 9.17) is 5.11 Å². The van der Waals surface area contributed by atoms with Gasteiger partial charge < -0.3 is 10.0 Å². The van der Waals surface area contributed by atoms with E-state index in [2.05, 4.69) is 5.10 Å². The number of carboxylic acid groups (broad SMARTS) is 1. The molecular formula is C15H15N3O3. The Morgan fingerprint density at radius 2 is 2.24 bits per heavy atom. The lowest BCUT2D eigenvalue weighted by molar-refractivity contribution is -0.117. The molecule has 1 aliphatic heterocycles. The minimum Gasteiger partial charge on any atom is -0.478 e. The Hall–Kier alpha value is -2.63. The fourth-order valence-corrected chi connectivity index (χ4v) is 2.53. The summed E-state index contributed by atoms with van der Waals surface area (Å²) >= 11 is 0. The van der Waals surface area contributed by atoms with E-state index >= 15 is 0 Å². The first-order valence-corrected chi connectivity index (χ1v) is 6.76. The van der Waals surface area contributed by atoms with Gasteiger partial charge in [-0.3, -0.25) is 9.48 Å². The van der Waals surface area contributed by atoms with Gasteiger partial charge >= 0.3 is 5.97 Å². The molecule has 6 nitrogen and oxygen atoms in total. The quantitative estimate of drug-likeness (QED) is 0.927. The second-order valence-corrected chi connectivity index (χ2v) is 5.01. The molecule has 21 heavy (non-hydrogen) atoms. The maximum atomic E-state index is 12.1. The first kappa shape index (κ1) is 13.4. The molecule has 2 aromatic rings. The molecule has 1 aromatic carbocycles. The summed E-state index contributed by atoms with van der Waals surface area (Å²) in [6.07, 6.45) is 3.91. The molecule has 0 radical (unpaired) electrons. The lowest BCUT2D eigenvalue weighted by Crippen LogP contribution is -2.25. The van der Waals surface area contributed by atoms with Crippen molar-refractivity contribution in [2.75, 3.05) is 4.90 Å². The molecule has 0 spiro atoms. The van der Waals surface area contributed by atoms with Crippen LogP contribution in [0.5, 0.6) is 0 Å². The summed E-state index contributed by atoms with van der Waals surface area (Å²) in [5.41, 5.74) is 2.72. The molecule has 0 unspecified atom stereocenters. The molecule has 1 aliphatic rings. The van der Waals surface area contributed by atoms with Crippen LogP contribution in [-0.4, -0.2) is 26.8 Å². The average molecular weight is 285 g/mol. The number of anilines is 1. The summed E-state index contributed by atoms with van der Waals surface area (Å²) in [7, 11) is 0. The van der Waals surface area contributed by atoms with Gasteiger partial charge in [0.1, 0.15) is 0 Å². The van der Waals surface area contributed by atoms with E-state index < -0.39 is 5.97 Å². The maximum Gasteiger partial charge on any atom is 0.335 e. The van der Waals surface area contributed by atoms with Gasteiger partial charge in [-0.2, -0.15) is 5.10 Å². The number of amides is 1. The Morgan fingerprint density at radius 3 is 2.90 bits per heavy atom. The Labute approximate surface area is 121 Å². The Bertz CT molecular complexity index is 721. The summed E-state index contributed by atoms with van der Waals surface area (Å²) in [6.45, 7) is 3.24. The Balaban J connectivity index is 1.88. The van der Waals surface area contributed by atoms with Gasteiger partial charge in [0.2, 0.25) is 5.91 Å². The minimum atomic E-state index is -0.979. The van der Waals surface area contributed by atoms with Gasteiger partial charge in [-0.1, -0.05) is 0 Å². The third kappa shape index (κ3) is 2.40. The van der Waals surface area contributed by atoms with Crippen LogP contribution >= 0.6 is 0 Å². The van der Waals surface area contributed by atoms with Crippen LogP contribution < -0.4 is 4.90 Å². The molecular weight excluding hydrogens is 270 g/mol. The third-order valence-electron chi connectivity index (χ3n) is 3.61. The first-order chi connectivity index (χ1) is 10.1. The number of aromatic nitrogens is 2. The molecule has 3 rings (SSSR count). The topological polar surface area (TPSA) is 75.4 Å². The van der Waals surface area contributed by atoms with Gasteiger partial charge in [-0.15, -0.1) is 0 Å². The highest BCUT2D eigenvalue weighted by Gasteiger charge is 2.28. The molecule has 108 valence electrons. The van der Waals surface area contributed by atoms with E-state index in [9.17, 15) is 9.59 Å². The molecule has 1 N–H and O–H groups in total. The van der Waals surface area contributed by atoms with Gasteiger partial charge in [0, 0.05) is 24.0 Å². The van der Waals surface area contributed by atoms with Crippen molar-refractivity contribution in [1.29, 1.82) is 0 Å². The van der Waals surface area contributed by atoms with Crippen LogP contribution in [0.15, 0.2) is 30.6 Å². The molecule has 1 amide bonds. The van der Waals surface area contributed by atoms with E-state index in [1.165, 1.54) is 6.07 Å². The third-order valence-corrected chi connectivity index (χ3v) is 3.61. The van der Waals surface area contributed by atoms with Crippen LogP contribution in [-0.2, 0) is 24.3 Å². The van der Waals surface area contributed by atoms with Crippen molar-refractivity contribution in [3.8, 4) is 0 Å². The van der Waals surface area contributed by atoms with Crippen LogP contribution in [0.25, 0.3) is 0 Å². The van der Waals surface area contributed by atoms with E-state index in [1.54, 1.807) is 23.2 Å². The number of aromatic carboxylic acids is 1. The van der Waals surface area contributed by atoms with Crippen LogP contribution in [0.3, 0.4) is 0 Å². The number of hydrogen-bond acceptors (Lipinski definition) is 3. The summed E-state index contributed by atoms with van der Waals surface area (Å²) in [5.74, 6) is -0.996. The second kappa shape index (κ2) is 5.05. The number of aryl methyl sites for hydroxylation is 1. The van der Waals surface area contributed by atoms with E-state index in [0.717, 1.165) is 23.4 Å². The SMILES string of the molecule is CCn1cc(CN2C(=O)Cc3cc(C(=O)O)ccc32)cn1. The van der Waals surface area contributed by atoms with Gasteiger partial charge in [0.25, 0.3) is 0 Å². The summed E-state index contributed by atoms with van der Waals surface area (Å²) in [4.78, 5) is 24.8. The average Bonchev–Trinajstić information content (AvgIpc) is 3.04. The van der Waals surface area contributed by atoms with Crippen LogP contribution in [0.1, 0.15) is 28.4 Å². The molecule has 6 heteroatoms. The van der Waals surface area contributed by atoms with Crippen molar-refractivity contribution in [1.82, 2.24) is 9.78 Å². The Morgan fingerprint density at radius 1 is 1.43 bits per heavy atom. The fraction of sp³-hybridized carbons (Fsp3) is 0.267. The van der Waals surface area contributed by atoms with Crippen molar-refractivity contribution < 1.29 is 14.7 Å². The van der Waals surface area contributed by atoms with Crippen molar-refractivity contribution in [2.45, 2.75) is 26.4 Å². The van der Waals surface area contributed by atoms with Gasteiger partial charge in [0.05, 0.1) is 24.7 Å². The van der Waals surface area contributed by atoms with Crippen LogP contribution in [0, 0.1) is 0 Å². The number of carbonyl (C=O) groups excluding carboxylic acids is 1. The number of hydrogen-bond donors (Lipinski definition) is 1. The van der Waals surface area contributed by atoms with Crippen molar-refractivity contribution in [2.24, 2.45) is 0 Å². The van der Waals surface area contributed by atoms with E-state index in [0.29, 0.717) is 6.54 Å². The summed E-state index contributed by atoms with van der Waals surface area (Å²) in [5, 5.41) is 13.2. The number of rotatable bonds is 4. The number of carbonyl (C=O) groups is 2. The van der Waals surface area contributed by atoms with Crippen LogP contribution in [0.4, 0.5) is 5.69 Å². The van der Waals surface area contributed by atoms with Gasteiger partial charge in [-0.25, -0.2) is 4.79 Å². The number of benzene rings is 1. The molecule has 0 fully saturated rings. The molecule has 0 saturated carbocycles. The monoisotopic (exact) mass is 285 g/mol. The lowest BCUT2D eigenvalue weighted by atomic mass is 10.1. The molecule has 1 aromatic heterocycles. The van der Waals surface area contributed by atoms with Gasteiger partial charge in [0.15, 0.2) is 0 Å². The highest BCUT2D eigenvalue weighted by atomic mass is 16.4. The smallest absolute Gasteiger partial charge is 0.335 e. The lowest BCUT2D eigenvalue weighted by Gasteiger charge is -2.16. The highest BCUT2D eigenvalue weighted by molar-refractivity contribution is 6.02. The summed E-state index contributed by atoms with van der Waals surface area (Å²) in [6, 6.07) is 4.81. The molecule has 0 saturated heterocycles. The highest BCUT2D eigenvalue weighted by Crippen LogP contribution is 2.31. The minimum absolute atomic E-state index is 0.0169. The van der Waals surface area contributed by atoms with Gasteiger partial charge in [-0.05, 0) is 30.7 Å². The second-order valence-electron chi connectivity index (χ2n) is 5.01. The van der Waals surface area contributed by atoms with E-state index in [-0.39, 0.29) is 17.9 Å². The van der Waals surface area contributed by atoms with Crippen molar-refractivity contribution in [3.05, 3.63) is 47.3 Å². The number of nitrogens with zero attached hydrogens (tertiary/aromatic N) is 3. The molecule has 0 atom stereocenters.